The summed E-state index contributed by atoms with van der Waals surface area (Å²) >= 11 is 0. The zero-order valence-corrected chi connectivity index (χ0v) is 17.2. The summed E-state index contributed by atoms with van der Waals surface area (Å²) in [7, 11) is 0. The molecule has 0 radical (unpaired) electrons. The van der Waals surface area contributed by atoms with Crippen LogP contribution in [-0.2, 0) is 13.2 Å². The Bertz CT molecular complexity index is 1160. The van der Waals surface area contributed by atoms with Crippen molar-refractivity contribution in [2.45, 2.75) is 20.1 Å². The van der Waals surface area contributed by atoms with E-state index in [2.05, 4.69) is 5.32 Å². The number of hydrogen-bond donors (Lipinski definition) is 2. The fourth-order valence-electron chi connectivity index (χ4n) is 3.17. The topological polar surface area (TPSA) is 71.7 Å². The van der Waals surface area contributed by atoms with Crippen LogP contribution in [0.5, 0.6) is 5.75 Å². The first kappa shape index (κ1) is 20.4. The van der Waals surface area contributed by atoms with Crippen LogP contribution in [0.3, 0.4) is 0 Å². The quantitative estimate of drug-likeness (QED) is 0.415. The van der Waals surface area contributed by atoms with Gasteiger partial charge in [0.15, 0.2) is 0 Å². The molecule has 0 unspecified atom stereocenters. The van der Waals surface area contributed by atoms with Gasteiger partial charge in [0.1, 0.15) is 30.5 Å². The first-order valence-corrected chi connectivity index (χ1v) is 10.0. The van der Waals surface area contributed by atoms with Gasteiger partial charge in [0.25, 0.3) is 5.91 Å². The highest BCUT2D eigenvalue weighted by Gasteiger charge is 2.11. The maximum absolute atomic E-state index is 12.7. The summed E-state index contributed by atoms with van der Waals surface area (Å²) < 4.78 is 11.4. The van der Waals surface area contributed by atoms with Crippen molar-refractivity contribution in [2.75, 3.05) is 5.32 Å². The van der Waals surface area contributed by atoms with Crippen LogP contribution in [0.15, 0.2) is 89.3 Å². The van der Waals surface area contributed by atoms with Crippen molar-refractivity contribution in [2.24, 2.45) is 0 Å². The number of aryl methyl sites for hydroxylation is 1. The molecule has 0 fully saturated rings. The van der Waals surface area contributed by atoms with Crippen molar-refractivity contribution in [3.8, 4) is 17.1 Å². The van der Waals surface area contributed by atoms with E-state index in [9.17, 15) is 9.90 Å². The van der Waals surface area contributed by atoms with E-state index in [1.165, 1.54) is 0 Å². The van der Waals surface area contributed by atoms with Crippen molar-refractivity contribution in [3.63, 3.8) is 0 Å². The summed E-state index contributed by atoms with van der Waals surface area (Å²) in [5.41, 5.74) is 4.09. The first-order valence-electron chi connectivity index (χ1n) is 10.0. The largest absolute Gasteiger partial charge is 0.489 e. The van der Waals surface area contributed by atoms with Gasteiger partial charge in [-0.15, -0.1) is 0 Å². The van der Waals surface area contributed by atoms with Gasteiger partial charge < -0.3 is 19.6 Å². The van der Waals surface area contributed by atoms with E-state index in [0.717, 1.165) is 16.7 Å². The number of aliphatic hydroxyl groups is 1. The van der Waals surface area contributed by atoms with Gasteiger partial charge >= 0.3 is 0 Å². The lowest BCUT2D eigenvalue weighted by Crippen LogP contribution is -2.12. The van der Waals surface area contributed by atoms with Crippen LogP contribution in [0.25, 0.3) is 11.3 Å². The minimum atomic E-state index is -0.203. The van der Waals surface area contributed by atoms with Crippen molar-refractivity contribution < 1.29 is 19.1 Å². The van der Waals surface area contributed by atoms with Crippen molar-refractivity contribution in [1.82, 2.24) is 0 Å². The molecule has 31 heavy (non-hydrogen) atoms. The fraction of sp³-hybridized carbons (Fsp3) is 0.115. The Kier molecular flexibility index (Phi) is 6.15. The third-order valence-corrected chi connectivity index (χ3v) is 4.95. The molecule has 1 heterocycles. The van der Waals surface area contributed by atoms with Crippen LogP contribution in [0, 0.1) is 6.92 Å². The second kappa shape index (κ2) is 9.32. The Hall–Kier alpha value is -3.83. The Balaban J connectivity index is 1.43. The molecule has 1 amide bonds. The predicted molar refractivity (Wildman–Crippen MR) is 120 cm³/mol. The van der Waals surface area contributed by atoms with Crippen molar-refractivity contribution in [1.29, 1.82) is 0 Å². The van der Waals surface area contributed by atoms with Crippen LogP contribution in [-0.4, -0.2) is 11.0 Å². The molecular weight excluding hydrogens is 390 g/mol. The molecule has 0 aliphatic rings. The van der Waals surface area contributed by atoms with Crippen LogP contribution in [0.1, 0.15) is 27.2 Å². The smallest absolute Gasteiger partial charge is 0.255 e. The minimum absolute atomic E-state index is 0.152. The monoisotopic (exact) mass is 413 g/mol. The molecule has 3 aromatic carbocycles. The number of benzene rings is 3. The molecule has 5 nitrogen and oxygen atoms in total. The van der Waals surface area contributed by atoms with Gasteiger partial charge in [0, 0.05) is 16.8 Å². The van der Waals surface area contributed by atoms with Crippen LogP contribution in [0.4, 0.5) is 5.69 Å². The van der Waals surface area contributed by atoms with Crippen LogP contribution < -0.4 is 10.1 Å². The minimum Gasteiger partial charge on any atom is -0.489 e. The Labute approximate surface area is 180 Å². The van der Waals surface area contributed by atoms with Crippen LogP contribution in [0.2, 0.25) is 0 Å². The summed E-state index contributed by atoms with van der Waals surface area (Å²) in [4.78, 5) is 12.7. The fourth-order valence-corrected chi connectivity index (χ4v) is 3.17. The Morgan fingerprint density at radius 2 is 1.74 bits per heavy atom. The number of aliphatic hydroxyl groups excluding tert-OH is 1. The van der Waals surface area contributed by atoms with Gasteiger partial charge in [-0.2, -0.15) is 0 Å². The van der Waals surface area contributed by atoms with Crippen molar-refractivity contribution >= 4 is 11.6 Å². The van der Waals surface area contributed by atoms with Gasteiger partial charge in [-0.1, -0.05) is 42.5 Å². The maximum atomic E-state index is 12.7. The molecule has 0 aliphatic carbocycles. The molecule has 4 aromatic rings. The number of amides is 1. The van der Waals surface area contributed by atoms with Gasteiger partial charge in [-0.3, -0.25) is 4.79 Å². The molecule has 5 heteroatoms. The molecule has 0 saturated carbocycles. The highest BCUT2D eigenvalue weighted by Crippen LogP contribution is 2.27. The predicted octanol–water partition coefficient (Wildman–Crippen LogP) is 5.58. The number of carbonyl (C=O) groups is 1. The Morgan fingerprint density at radius 1 is 0.968 bits per heavy atom. The van der Waals surface area contributed by atoms with E-state index in [0.29, 0.717) is 35.1 Å². The van der Waals surface area contributed by atoms with E-state index < -0.39 is 0 Å². The number of rotatable bonds is 7. The van der Waals surface area contributed by atoms with E-state index in [1.807, 2.05) is 55.5 Å². The van der Waals surface area contributed by atoms with Gasteiger partial charge in [0.2, 0.25) is 0 Å². The summed E-state index contributed by atoms with van der Waals surface area (Å²) in [6.07, 6.45) is 0. The lowest BCUT2D eigenvalue weighted by Gasteiger charge is -2.11. The van der Waals surface area contributed by atoms with E-state index in [4.69, 9.17) is 9.15 Å². The number of hydrogen-bond acceptors (Lipinski definition) is 4. The highest BCUT2D eigenvalue weighted by molar-refractivity contribution is 6.05. The SMILES string of the molecule is Cc1ccc(-c2ccc(CO)o2)cc1NC(=O)c1ccc(OCc2ccccc2)cc1. The number of nitrogens with one attached hydrogen (secondary N) is 1. The normalized spacial score (nSPS) is 10.6. The third kappa shape index (κ3) is 5.02. The average molecular weight is 413 g/mol. The highest BCUT2D eigenvalue weighted by atomic mass is 16.5. The van der Waals surface area contributed by atoms with Gasteiger partial charge in [-0.05, 0) is 60.5 Å². The van der Waals surface area contributed by atoms with E-state index in [-0.39, 0.29) is 12.5 Å². The molecule has 0 spiro atoms. The number of ether oxygens (including phenoxy) is 1. The zero-order valence-electron chi connectivity index (χ0n) is 17.2. The third-order valence-electron chi connectivity index (χ3n) is 4.95. The molecule has 0 bridgehead atoms. The first-order chi connectivity index (χ1) is 15.1. The summed E-state index contributed by atoms with van der Waals surface area (Å²) in [5.74, 6) is 1.64. The van der Waals surface area contributed by atoms with Gasteiger partial charge in [-0.25, -0.2) is 0 Å². The second-order valence-corrected chi connectivity index (χ2v) is 7.21. The molecule has 0 atom stereocenters. The summed E-state index contributed by atoms with van der Waals surface area (Å²) in [5, 5.41) is 12.2. The van der Waals surface area contributed by atoms with Crippen molar-refractivity contribution in [3.05, 3.63) is 107 Å². The Morgan fingerprint density at radius 3 is 2.45 bits per heavy atom. The summed E-state index contributed by atoms with van der Waals surface area (Å²) in [6.45, 7) is 2.25. The average Bonchev–Trinajstić information content (AvgIpc) is 3.29. The lowest BCUT2D eigenvalue weighted by atomic mass is 10.1. The summed E-state index contributed by atoms with van der Waals surface area (Å²) in [6, 6.07) is 26.2. The molecule has 0 aliphatic heterocycles. The molecule has 1 aromatic heterocycles. The lowest BCUT2D eigenvalue weighted by molar-refractivity contribution is 0.102. The standard InChI is InChI=1S/C26H23NO4/c1-18-7-8-21(25-14-13-23(16-28)31-25)15-24(18)27-26(29)20-9-11-22(12-10-20)30-17-19-5-3-2-4-6-19/h2-15,28H,16-17H2,1H3,(H,27,29). The van der Waals surface area contributed by atoms with Gasteiger partial charge in [0.05, 0.1) is 0 Å². The van der Waals surface area contributed by atoms with Crippen LogP contribution >= 0.6 is 0 Å². The molecular formula is C26H23NO4. The maximum Gasteiger partial charge on any atom is 0.255 e. The molecule has 2 N–H and O–H groups in total. The number of carbonyl (C=O) groups excluding carboxylic acids is 1. The van der Waals surface area contributed by atoms with E-state index in [1.54, 1.807) is 36.4 Å². The molecule has 0 saturated heterocycles. The van der Waals surface area contributed by atoms with E-state index >= 15 is 0 Å². The molecule has 4 rings (SSSR count). The zero-order chi connectivity index (χ0) is 21.6. The second-order valence-electron chi connectivity index (χ2n) is 7.21. The molecule has 156 valence electrons. The number of anilines is 1. The number of furan rings is 1.